The average Bonchev–Trinajstić information content (AvgIpc) is 3.30. The SMILES string of the molecule is O=P(OCCCC(F)(F)C(F)(F)C(F)(F)C(F)(F)C(F)(F)C(F)(F)C(F)(F)C(F)(F)F)(OCCCC(F)(F)C(F)(F)C(F)(F)C(F)(F)C(F)(F)C(F)(F)C(F)(F)C(F)(F)F)OCCCC(F)(F)C(F)(F)C(F)(F)C(F)(F)C(F)(F)C(F)(F)C(F)(F)C(F)(F)F. The molecular formula is C33H18F51O4P. The predicted molar refractivity (Wildman–Crippen MR) is 175 cm³/mol. The Kier molecular flexibility index (Phi) is 22.6. The first-order chi connectivity index (χ1) is 37.9. The van der Waals surface area contributed by atoms with Crippen LogP contribution in [0.2, 0.25) is 0 Å². The molecule has 0 radical (unpaired) electrons. The smallest absolute Gasteiger partial charge is 0.287 e. The van der Waals surface area contributed by atoms with E-state index in [4.69, 9.17) is 0 Å². The Hall–Kier alpha value is -3.46. The maximum atomic E-state index is 14.3. The third-order valence-electron chi connectivity index (χ3n) is 11.0. The van der Waals surface area contributed by atoms with Crippen LogP contribution in [0.5, 0.6) is 0 Å². The van der Waals surface area contributed by atoms with Gasteiger partial charge in [0.2, 0.25) is 0 Å². The number of hydrogen-bond acceptors (Lipinski definition) is 4. The van der Waals surface area contributed by atoms with E-state index in [-0.39, 0.29) is 0 Å². The summed E-state index contributed by atoms with van der Waals surface area (Å²) in [6, 6.07) is 0. The van der Waals surface area contributed by atoms with Gasteiger partial charge in [-0.05, 0) is 19.3 Å². The van der Waals surface area contributed by atoms with E-state index in [1.54, 1.807) is 0 Å². The molecule has 0 fully saturated rings. The van der Waals surface area contributed by atoms with Crippen molar-refractivity contribution in [3.05, 3.63) is 0 Å². The topological polar surface area (TPSA) is 44.8 Å². The number of alkyl halides is 51. The first-order valence-electron chi connectivity index (χ1n) is 20.5. The van der Waals surface area contributed by atoms with E-state index in [9.17, 15) is 228 Å². The van der Waals surface area contributed by atoms with Crippen LogP contribution in [0.3, 0.4) is 0 Å². The summed E-state index contributed by atoms with van der Waals surface area (Å²) in [5.74, 6) is -185. The monoisotopic (exact) mass is 1480 g/mol. The lowest BCUT2D eigenvalue weighted by Gasteiger charge is -2.42. The molecule has 4 nitrogen and oxygen atoms in total. The van der Waals surface area contributed by atoms with Crippen molar-refractivity contribution in [3.63, 3.8) is 0 Å². The van der Waals surface area contributed by atoms with Gasteiger partial charge in [-0.3, -0.25) is 13.6 Å². The minimum atomic E-state index is -9.31. The lowest BCUT2D eigenvalue weighted by atomic mass is 9.88. The van der Waals surface area contributed by atoms with Gasteiger partial charge < -0.3 is 0 Å². The minimum absolute atomic E-state index is 2.85. The Morgan fingerprint density at radius 1 is 0.180 bits per heavy atom. The van der Waals surface area contributed by atoms with Gasteiger partial charge in [-0.25, -0.2) is 4.57 Å². The summed E-state index contributed by atoms with van der Waals surface area (Å²) in [7, 11) is -7.11. The molecule has 0 aromatic rings. The Morgan fingerprint density at radius 2 is 0.292 bits per heavy atom. The van der Waals surface area contributed by atoms with Crippen LogP contribution >= 0.6 is 7.82 Å². The molecule has 0 saturated carbocycles. The van der Waals surface area contributed by atoms with Gasteiger partial charge in [-0.15, -0.1) is 0 Å². The van der Waals surface area contributed by atoms with E-state index >= 15 is 0 Å². The summed E-state index contributed by atoms with van der Waals surface area (Å²) in [5, 5.41) is 0. The standard InChI is InChI=1S/C33H18F51O4P/c34-10(35,13(40,41)16(46,47)19(52,53)22(58,59)25(64,65)28(70,71)31(76,77)78)4-1-7-86-89(85,87-8-2-5-11(36,37)14(42,43)17(48,49)20(54,55)23(60,61)26(66,67)29(72,73)32(79,80)81)88-9-3-6-12(38,39)15(44,45)18(50,51)21(56,57)24(62,63)27(68,69)30(74,75)33(82,83)84/h1-9H2. The number of halogens is 51. The molecule has 0 atom stereocenters. The molecule has 0 saturated heterocycles. The quantitative estimate of drug-likeness (QED) is 0.0373. The Balaban J connectivity index is 7.38. The molecule has 89 heavy (non-hydrogen) atoms. The van der Waals surface area contributed by atoms with Crippen molar-refractivity contribution in [1.29, 1.82) is 0 Å². The molecule has 0 aliphatic carbocycles. The second-order valence-electron chi connectivity index (χ2n) is 17.2. The van der Waals surface area contributed by atoms with Crippen LogP contribution in [-0.2, 0) is 18.1 Å². The van der Waals surface area contributed by atoms with E-state index in [2.05, 4.69) is 13.6 Å². The van der Waals surface area contributed by atoms with Crippen LogP contribution in [0.15, 0.2) is 0 Å². The summed E-state index contributed by atoms with van der Waals surface area (Å²) >= 11 is 0. The number of rotatable bonds is 33. The van der Waals surface area contributed by atoms with Crippen molar-refractivity contribution in [2.45, 2.75) is 181 Å². The van der Waals surface area contributed by atoms with Crippen LogP contribution < -0.4 is 0 Å². The summed E-state index contributed by atoms with van der Waals surface area (Å²) in [4.78, 5) is 0. The van der Waals surface area contributed by atoms with Gasteiger partial charge in [0.05, 0.1) is 19.8 Å². The molecule has 0 N–H and O–H groups in total. The minimum Gasteiger partial charge on any atom is -0.287 e. The molecule has 0 bridgehead atoms. The van der Waals surface area contributed by atoms with Gasteiger partial charge in [0.15, 0.2) is 0 Å². The Bertz CT molecular complexity index is 2180. The molecule has 56 heteroatoms. The van der Waals surface area contributed by atoms with Crippen molar-refractivity contribution < 1.29 is 242 Å². The number of phosphoric ester groups is 1. The lowest BCUT2D eigenvalue weighted by Crippen LogP contribution is -2.74. The summed E-state index contributed by atoms with van der Waals surface area (Å²) in [6.07, 6.45) is -44.7. The van der Waals surface area contributed by atoms with Gasteiger partial charge in [0.25, 0.3) is 0 Å². The fourth-order valence-electron chi connectivity index (χ4n) is 5.58. The molecule has 0 heterocycles. The van der Waals surface area contributed by atoms with E-state index in [1.165, 1.54) is 0 Å². The predicted octanol–water partition coefficient (Wildman–Crippen LogP) is 19.5. The molecule has 0 spiro atoms. The van der Waals surface area contributed by atoms with Gasteiger partial charge in [0, 0.05) is 19.3 Å². The first-order valence-corrected chi connectivity index (χ1v) is 22.0. The number of hydrogen-bond donors (Lipinski definition) is 0. The fraction of sp³-hybridized carbons (Fsp3) is 1.00. The Morgan fingerprint density at radius 3 is 0.416 bits per heavy atom. The molecule has 536 valence electrons. The van der Waals surface area contributed by atoms with Crippen LogP contribution in [-0.4, -0.2) is 163 Å². The molecule has 0 unspecified atom stereocenters. The van der Waals surface area contributed by atoms with Crippen molar-refractivity contribution >= 4 is 7.82 Å². The van der Waals surface area contributed by atoms with Crippen LogP contribution in [0.1, 0.15) is 38.5 Å². The Labute approximate surface area is 452 Å². The largest absolute Gasteiger partial charge is 0.474 e. The van der Waals surface area contributed by atoms with Gasteiger partial charge in [-0.1, -0.05) is 0 Å². The van der Waals surface area contributed by atoms with Crippen molar-refractivity contribution in [1.82, 2.24) is 0 Å². The highest BCUT2D eigenvalue weighted by Crippen LogP contribution is 2.69. The molecule has 0 aromatic carbocycles. The molecule has 0 amide bonds. The van der Waals surface area contributed by atoms with Crippen LogP contribution in [0, 0.1) is 0 Å². The van der Waals surface area contributed by atoms with Gasteiger partial charge in [0.1, 0.15) is 0 Å². The van der Waals surface area contributed by atoms with E-state index in [0.717, 1.165) is 0 Å². The zero-order valence-electron chi connectivity index (χ0n) is 39.7. The number of phosphoric acid groups is 1. The average molecular weight is 1480 g/mol. The second kappa shape index (κ2) is 23.5. The normalized spacial score (nSPS) is 16.8. The highest BCUT2D eigenvalue weighted by atomic mass is 31.2. The lowest BCUT2D eigenvalue weighted by molar-refractivity contribution is -0.461. The van der Waals surface area contributed by atoms with Crippen molar-refractivity contribution in [2.75, 3.05) is 19.8 Å². The van der Waals surface area contributed by atoms with E-state index in [1.807, 2.05) is 0 Å². The third-order valence-corrected chi connectivity index (χ3v) is 12.5. The highest BCUT2D eigenvalue weighted by Gasteiger charge is 2.98. The second-order valence-corrected chi connectivity index (χ2v) is 18.9. The summed E-state index contributed by atoms with van der Waals surface area (Å²) < 4.78 is 715. The summed E-state index contributed by atoms with van der Waals surface area (Å²) in [5.41, 5.74) is 0. The zero-order chi connectivity index (χ0) is 73.0. The molecular weight excluding hydrogens is 1460 g/mol. The fourth-order valence-corrected chi connectivity index (χ4v) is 6.87. The maximum absolute atomic E-state index is 14.3. The zero-order valence-corrected chi connectivity index (χ0v) is 40.6. The van der Waals surface area contributed by atoms with Crippen LogP contribution in [0.25, 0.3) is 0 Å². The third kappa shape index (κ3) is 12.7. The molecule has 0 rings (SSSR count). The first kappa shape index (κ1) is 85.5. The highest BCUT2D eigenvalue weighted by molar-refractivity contribution is 7.48. The maximum Gasteiger partial charge on any atom is 0.474 e. The van der Waals surface area contributed by atoms with Crippen molar-refractivity contribution in [3.8, 4) is 0 Å². The van der Waals surface area contributed by atoms with E-state index < -0.39 is 209 Å². The molecule has 0 aliphatic heterocycles. The summed E-state index contributed by atoms with van der Waals surface area (Å²) in [6.45, 7) is -8.54. The van der Waals surface area contributed by atoms with Crippen molar-refractivity contribution in [2.24, 2.45) is 0 Å². The van der Waals surface area contributed by atoms with Gasteiger partial charge in [-0.2, -0.15) is 224 Å². The molecule has 0 aliphatic rings. The van der Waals surface area contributed by atoms with Crippen LogP contribution in [0.4, 0.5) is 224 Å². The van der Waals surface area contributed by atoms with E-state index in [0.29, 0.717) is 0 Å². The molecule has 0 aromatic heterocycles. The van der Waals surface area contributed by atoms with Gasteiger partial charge >= 0.3 is 151 Å².